The molecule has 0 bridgehead atoms. The highest BCUT2D eigenvalue weighted by molar-refractivity contribution is 7.91. The molecule has 1 N–H and O–H groups in total. The molecule has 0 saturated heterocycles. The van der Waals surface area contributed by atoms with E-state index < -0.39 is 9.84 Å². The second-order valence-electron chi connectivity index (χ2n) is 7.44. The summed E-state index contributed by atoms with van der Waals surface area (Å²) >= 11 is 0. The number of amides is 1. The van der Waals surface area contributed by atoms with Crippen molar-refractivity contribution in [2.45, 2.75) is 50.5 Å². The number of aryl methyl sites for hydroxylation is 1. The summed E-state index contributed by atoms with van der Waals surface area (Å²) in [6.45, 7) is 9.45. The van der Waals surface area contributed by atoms with Gasteiger partial charge in [0.15, 0.2) is 0 Å². The van der Waals surface area contributed by atoms with Gasteiger partial charge in [-0.2, -0.15) is 0 Å². The van der Waals surface area contributed by atoms with Gasteiger partial charge in [0.1, 0.15) is 10.7 Å². The van der Waals surface area contributed by atoms with Gasteiger partial charge in [0.05, 0.1) is 4.90 Å². The molecule has 6 heteroatoms. The van der Waals surface area contributed by atoms with Crippen LogP contribution in [-0.4, -0.2) is 18.9 Å². The second kappa shape index (κ2) is 7.87. The van der Waals surface area contributed by atoms with E-state index in [4.69, 9.17) is 0 Å². The number of carbonyl (C=O) groups excluding carboxylic acids is 1. The Morgan fingerprint density at radius 2 is 1.52 bits per heavy atom. The molecule has 1 heterocycles. The van der Waals surface area contributed by atoms with Crippen LogP contribution in [-0.2, 0) is 9.84 Å². The molecule has 1 aromatic heterocycles. The van der Waals surface area contributed by atoms with Crippen LogP contribution in [0.3, 0.4) is 0 Å². The summed E-state index contributed by atoms with van der Waals surface area (Å²) in [5.74, 6) is -0.0147. The molecule has 0 aliphatic carbocycles. The van der Waals surface area contributed by atoms with Crippen molar-refractivity contribution in [3.05, 3.63) is 77.0 Å². The van der Waals surface area contributed by atoms with Crippen LogP contribution >= 0.6 is 0 Å². The fourth-order valence-corrected chi connectivity index (χ4v) is 5.32. The number of nitrogens with one attached hydrogen (secondary N) is 1. The topological polar surface area (TPSA) is 68.2 Å². The maximum Gasteiger partial charge on any atom is 0.257 e. The number of sulfone groups is 1. The van der Waals surface area contributed by atoms with Gasteiger partial charge in [0.2, 0.25) is 9.84 Å². The van der Waals surface area contributed by atoms with Gasteiger partial charge in [-0.05, 0) is 63.9 Å². The largest absolute Gasteiger partial charge is 0.328 e. The van der Waals surface area contributed by atoms with Gasteiger partial charge in [-0.3, -0.25) is 4.79 Å². The predicted octanol–water partition coefficient (Wildman–Crippen LogP) is 5.08. The Morgan fingerprint density at radius 3 is 2.10 bits per heavy atom. The zero-order valence-electron chi connectivity index (χ0n) is 17.4. The van der Waals surface area contributed by atoms with Crippen molar-refractivity contribution in [1.82, 2.24) is 4.57 Å². The number of aromatic nitrogens is 1. The lowest BCUT2D eigenvalue weighted by molar-refractivity contribution is 0.102. The first-order valence-electron chi connectivity index (χ1n) is 9.54. The van der Waals surface area contributed by atoms with Crippen LogP contribution in [0.25, 0.3) is 0 Å². The van der Waals surface area contributed by atoms with E-state index in [1.807, 2.05) is 44.4 Å². The number of rotatable bonds is 5. The molecule has 5 nitrogen and oxygen atoms in total. The summed E-state index contributed by atoms with van der Waals surface area (Å²) in [7, 11) is -3.81. The highest BCUT2D eigenvalue weighted by Crippen LogP contribution is 2.37. The summed E-state index contributed by atoms with van der Waals surface area (Å²) in [5.41, 5.74) is 2.80. The molecule has 0 spiro atoms. The molecule has 0 aliphatic heterocycles. The molecule has 2 aromatic carbocycles. The standard InChI is InChI=1S/C23H26N2O3S/c1-15(2)25-18(5)17(4)21(29(27,28)19-12-7-6-8-13-19)22(25)24-23(26)20-14-10-9-11-16(20)3/h6-15H,1-5H3,(H,24,26). The van der Waals surface area contributed by atoms with Gasteiger partial charge in [-0.1, -0.05) is 36.4 Å². The molecular weight excluding hydrogens is 384 g/mol. The molecule has 3 rings (SSSR count). The van der Waals surface area contributed by atoms with Gasteiger partial charge in [0.25, 0.3) is 5.91 Å². The highest BCUT2D eigenvalue weighted by Gasteiger charge is 2.31. The molecule has 0 fully saturated rings. The molecule has 0 atom stereocenters. The Hall–Kier alpha value is -2.86. The molecule has 1 amide bonds. The van der Waals surface area contributed by atoms with E-state index in [1.165, 1.54) is 0 Å². The van der Waals surface area contributed by atoms with Crippen molar-refractivity contribution in [3.8, 4) is 0 Å². The Kier molecular flexibility index (Phi) is 5.66. The van der Waals surface area contributed by atoms with E-state index in [0.29, 0.717) is 16.9 Å². The van der Waals surface area contributed by atoms with Crippen molar-refractivity contribution in [1.29, 1.82) is 0 Å². The first kappa shape index (κ1) is 20.9. The Labute approximate surface area is 172 Å². The zero-order valence-corrected chi connectivity index (χ0v) is 18.2. The summed E-state index contributed by atoms with van der Waals surface area (Å²) in [5, 5.41) is 2.90. The minimum atomic E-state index is -3.81. The lowest BCUT2D eigenvalue weighted by atomic mass is 10.1. The summed E-state index contributed by atoms with van der Waals surface area (Å²) in [6, 6.07) is 15.5. The SMILES string of the molecule is Cc1ccccc1C(=O)Nc1c(S(=O)(=O)c2ccccc2)c(C)c(C)n1C(C)C. The Bertz CT molecular complexity index is 1160. The van der Waals surface area contributed by atoms with Gasteiger partial charge in [-0.25, -0.2) is 8.42 Å². The Balaban J connectivity index is 2.22. The lowest BCUT2D eigenvalue weighted by Gasteiger charge is -2.18. The van der Waals surface area contributed by atoms with E-state index in [1.54, 1.807) is 49.4 Å². The van der Waals surface area contributed by atoms with Crippen LogP contribution in [0.5, 0.6) is 0 Å². The smallest absolute Gasteiger partial charge is 0.257 e. The van der Waals surface area contributed by atoms with E-state index in [-0.39, 0.29) is 21.7 Å². The average molecular weight is 411 g/mol. The minimum Gasteiger partial charge on any atom is -0.328 e. The quantitative estimate of drug-likeness (QED) is 0.638. The third-order valence-corrected chi connectivity index (χ3v) is 7.09. The maximum absolute atomic E-state index is 13.5. The van der Waals surface area contributed by atoms with Gasteiger partial charge in [-0.15, -0.1) is 0 Å². The Morgan fingerprint density at radius 1 is 0.931 bits per heavy atom. The van der Waals surface area contributed by atoms with Gasteiger partial charge >= 0.3 is 0 Å². The second-order valence-corrected chi connectivity index (χ2v) is 9.32. The van der Waals surface area contributed by atoms with Crippen molar-refractivity contribution in [3.63, 3.8) is 0 Å². The van der Waals surface area contributed by atoms with Gasteiger partial charge < -0.3 is 9.88 Å². The van der Waals surface area contributed by atoms with Crippen molar-refractivity contribution in [2.24, 2.45) is 0 Å². The average Bonchev–Trinajstić information content (AvgIpc) is 2.93. The fourth-order valence-electron chi connectivity index (χ4n) is 3.61. The third-order valence-electron chi connectivity index (χ3n) is 5.16. The monoisotopic (exact) mass is 410 g/mol. The summed E-state index contributed by atoms with van der Waals surface area (Å²) < 4.78 is 28.8. The number of carbonyl (C=O) groups is 1. The molecule has 3 aromatic rings. The van der Waals surface area contributed by atoms with E-state index in [0.717, 1.165) is 11.3 Å². The van der Waals surface area contributed by atoms with Crippen LogP contribution in [0.2, 0.25) is 0 Å². The van der Waals surface area contributed by atoms with Crippen LogP contribution in [0.15, 0.2) is 64.4 Å². The summed E-state index contributed by atoms with van der Waals surface area (Å²) in [4.78, 5) is 13.4. The third kappa shape index (κ3) is 3.72. The van der Waals surface area contributed by atoms with Crippen molar-refractivity contribution < 1.29 is 13.2 Å². The van der Waals surface area contributed by atoms with Gasteiger partial charge in [0, 0.05) is 17.3 Å². The first-order valence-corrected chi connectivity index (χ1v) is 11.0. The minimum absolute atomic E-state index is 0.0272. The molecule has 0 unspecified atom stereocenters. The number of hydrogen-bond donors (Lipinski definition) is 1. The molecule has 0 saturated carbocycles. The van der Waals surface area contributed by atoms with Crippen LogP contribution < -0.4 is 5.32 Å². The predicted molar refractivity (Wildman–Crippen MR) is 115 cm³/mol. The van der Waals surface area contributed by atoms with E-state index in [9.17, 15) is 13.2 Å². The normalized spacial score (nSPS) is 11.7. The zero-order chi connectivity index (χ0) is 21.3. The number of hydrogen-bond acceptors (Lipinski definition) is 3. The molecule has 0 aliphatic rings. The maximum atomic E-state index is 13.5. The van der Waals surface area contributed by atoms with Crippen LogP contribution in [0.4, 0.5) is 5.82 Å². The first-order chi connectivity index (χ1) is 13.7. The molecule has 0 radical (unpaired) electrons. The van der Waals surface area contributed by atoms with Crippen molar-refractivity contribution in [2.75, 3.05) is 5.32 Å². The highest BCUT2D eigenvalue weighted by atomic mass is 32.2. The van der Waals surface area contributed by atoms with E-state index >= 15 is 0 Å². The van der Waals surface area contributed by atoms with Crippen LogP contribution in [0.1, 0.15) is 47.1 Å². The summed E-state index contributed by atoms with van der Waals surface area (Å²) in [6.07, 6.45) is 0. The lowest BCUT2D eigenvalue weighted by Crippen LogP contribution is -2.19. The fraction of sp³-hybridized carbons (Fsp3) is 0.261. The number of nitrogens with zero attached hydrogens (tertiary/aromatic N) is 1. The van der Waals surface area contributed by atoms with Crippen molar-refractivity contribution >= 4 is 21.6 Å². The molecule has 152 valence electrons. The number of anilines is 1. The number of benzene rings is 2. The van der Waals surface area contributed by atoms with E-state index in [2.05, 4.69) is 5.32 Å². The molecule has 29 heavy (non-hydrogen) atoms. The molecular formula is C23H26N2O3S. The van der Waals surface area contributed by atoms with Crippen LogP contribution in [0, 0.1) is 20.8 Å².